The number of methoxy groups -OCH3 is 1. The second kappa shape index (κ2) is 8.70. The maximum Gasteiger partial charge on any atom is 0.180 e. The molecule has 1 atom stereocenters. The molecule has 1 aromatic heterocycles. The summed E-state index contributed by atoms with van der Waals surface area (Å²) >= 11 is 3.77. The van der Waals surface area contributed by atoms with Crippen LogP contribution in [0.15, 0.2) is 11.4 Å². The van der Waals surface area contributed by atoms with Gasteiger partial charge in [0.15, 0.2) is 5.90 Å². The molecule has 1 aliphatic rings. The standard InChI is InChI=1S/C15H24N2OS2/c1-18-15(16)5-7-19-10-12-8-14(20-11-12)9-13-4-2-3-6-17-13/h8,11,13,16-17H,2-7,9-10H2,1H3. The van der Waals surface area contributed by atoms with Crippen molar-refractivity contribution >= 4 is 29.0 Å². The van der Waals surface area contributed by atoms with E-state index in [-0.39, 0.29) is 0 Å². The lowest BCUT2D eigenvalue weighted by atomic mass is 10.0. The third-order valence-corrected chi connectivity index (χ3v) is 5.59. The zero-order chi connectivity index (χ0) is 14.2. The predicted octanol–water partition coefficient (Wildman–Crippen LogP) is 3.68. The summed E-state index contributed by atoms with van der Waals surface area (Å²) in [6.07, 6.45) is 5.94. The van der Waals surface area contributed by atoms with Crippen molar-refractivity contribution in [2.75, 3.05) is 19.4 Å². The van der Waals surface area contributed by atoms with Gasteiger partial charge in [-0.15, -0.1) is 11.3 Å². The van der Waals surface area contributed by atoms with Gasteiger partial charge in [0.05, 0.1) is 7.11 Å². The lowest BCUT2D eigenvalue weighted by molar-refractivity contribution is 0.389. The second-order valence-corrected chi connectivity index (χ2v) is 7.30. The molecule has 2 N–H and O–H groups in total. The summed E-state index contributed by atoms with van der Waals surface area (Å²) in [6, 6.07) is 3.04. The maximum absolute atomic E-state index is 7.43. The summed E-state index contributed by atoms with van der Waals surface area (Å²) in [5.74, 6) is 2.39. The molecule has 2 heterocycles. The summed E-state index contributed by atoms with van der Waals surface area (Å²) in [7, 11) is 1.57. The smallest absolute Gasteiger partial charge is 0.180 e. The highest BCUT2D eigenvalue weighted by molar-refractivity contribution is 7.98. The van der Waals surface area contributed by atoms with Crippen molar-refractivity contribution < 1.29 is 4.74 Å². The summed E-state index contributed by atoms with van der Waals surface area (Å²) in [6.45, 7) is 1.18. The van der Waals surface area contributed by atoms with Crippen LogP contribution >= 0.6 is 23.1 Å². The fraction of sp³-hybridized carbons (Fsp3) is 0.667. The Morgan fingerprint density at radius 3 is 3.20 bits per heavy atom. The lowest BCUT2D eigenvalue weighted by Gasteiger charge is -2.22. The van der Waals surface area contributed by atoms with Gasteiger partial charge in [-0.2, -0.15) is 11.8 Å². The number of hydrogen-bond donors (Lipinski definition) is 2. The van der Waals surface area contributed by atoms with Crippen LogP contribution in [0.2, 0.25) is 0 Å². The zero-order valence-electron chi connectivity index (χ0n) is 12.1. The molecule has 20 heavy (non-hydrogen) atoms. The van der Waals surface area contributed by atoms with Crippen molar-refractivity contribution in [2.45, 2.75) is 43.9 Å². The Labute approximate surface area is 130 Å². The van der Waals surface area contributed by atoms with E-state index in [1.807, 2.05) is 23.1 Å². The molecule has 5 heteroatoms. The Hall–Kier alpha value is -0.520. The Bertz CT molecular complexity index is 414. The SMILES string of the molecule is COC(=N)CCSCc1csc(CC2CCCCN2)c1. The summed E-state index contributed by atoms with van der Waals surface area (Å²) in [5.41, 5.74) is 1.43. The molecule has 0 saturated carbocycles. The molecule has 0 spiro atoms. The zero-order valence-corrected chi connectivity index (χ0v) is 13.7. The van der Waals surface area contributed by atoms with Crippen LogP contribution in [0.3, 0.4) is 0 Å². The number of piperidine rings is 1. The molecule has 112 valence electrons. The minimum atomic E-state index is 0.381. The third-order valence-electron chi connectivity index (χ3n) is 3.56. The quantitative estimate of drug-likeness (QED) is 0.458. The van der Waals surface area contributed by atoms with Gasteiger partial charge in [0.1, 0.15) is 0 Å². The molecule has 0 aliphatic carbocycles. The number of hydrogen-bond acceptors (Lipinski definition) is 5. The third kappa shape index (κ3) is 5.46. The number of rotatable bonds is 7. The lowest BCUT2D eigenvalue weighted by Crippen LogP contribution is -2.35. The molecule has 1 aliphatic heterocycles. The molecule has 0 amide bonds. The first-order chi connectivity index (χ1) is 9.78. The summed E-state index contributed by atoms with van der Waals surface area (Å²) < 4.78 is 4.86. The highest BCUT2D eigenvalue weighted by Gasteiger charge is 2.13. The van der Waals surface area contributed by atoms with Crippen LogP contribution in [0.5, 0.6) is 0 Å². The highest BCUT2D eigenvalue weighted by atomic mass is 32.2. The monoisotopic (exact) mass is 312 g/mol. The average Bonchev–Trinajstić information content (AvgIpc) is 2.92. The molecule has 1 saturated heterocycles. The van der Waals surface area contributed by atoms with E-state index in [0.717, 1.165) is 17.9 Å². The first kappa shape index (κ1) is 15.9. The molecule has 0 bridgehead atoms. The van der Waals surface area contributed by atoms with E-state index in [0.29, 0.717) is 11.9 Å². The highest BCUT2D eigenvalue weighted by Crippen LogP contribution is 2.23. The number of nitrogens with one attached hydrogen (secondary N) is 2. The molecule has 0 radical (unpaired) electrons. The van der Waals surface area contributed by atoms with Crippen molar-refractivity contribution in [1.29, 1.82) is 5.41 Å². The molecule has 1 unspecified atom stereocenters. The molecule has 3 nitrogen and oxygen atoms in total. The molecular formula is C15H24N2OS2. The van der Waals surface area contributed by atoms with Gasteiger partial charge in [0, 0.05) is 28.8 Å². The van der Waals surface area contributed by atoms with E-state index in [9.17, 15) is 0 Å². The van der Waals surface area contributed by atoms with Crippen LogP contribution in [0.4, 0.5) is 0 Å². The van der Waals surface area contributed by atoms with Crippen LogP contribution in [0.25, 0.3) is 0 Å². The average molecular weight is 313 g/mol. The van der Waals surface area contributed by atoms with Gasteiger partial charge in [0.2, 0.25) is 0 Å². The number of thioether (sulfide) groups is 1. The first-order valence-corrected chi connectivity index (χ1v) is 9.30. The number of ether oxygens (including phenoxy) is 1. The topological polar surface area (TPSA) is 45.1 Å². The van der Waals surface area contributed by atoms with Crippen molar-refractivity contribution in [1.82, 2.24) is 5.32 Å². The van der Waals surface area contributed by atoms with Crippen LogP contribution in [0.1, 0.15) is 36.1 Å². The van der Waals surface area contributed by atoms with E-state index in [2.05, 4.69) is 16.8 Å². The van der Waals surface area contributed by atoms with Crippen molar-refractivity contribution in [2.24, 2.45) is 0 Å². The normalized spacial score (nSPS) is 18.9. The van der Waals surface area contributed by atoms with Gasteiger partial charge in [-0.05, 0) is 42.8 Å². The Balaban J connectivity index is 1.67. The predicted molar refractivity (Wildman–Crippen MR) is 89.2 cm³/mol. The second-order valence-electron chi connectivity index (χ2n) is 5.20. The van der Waals surface area contributed by atoms with E-state index >= 15 is 0 Å². The summed E-state index contributed by atoms with van der Waals surface area (Å²) in [4.78, 5) is 1.50. The van der Waals surface area contributed by atoms with Gasteiger partial charge in [0.25, 0.3) is 0 Å². The van der Waals surface area contributed by atoms with E-state index in [1.54, 1.807) is 7.11 Å². The van der Waals surface area contributed by atoms with Gasteiger partial charge < -0.3 is 10.1 Å². The Morgan fingerprint density at radius 1 is 1.55 bits per heavy atom. The Morgan fingerprint density at radius 2 is 2.45 bits per heavy atom. The van der Waals surface area contributed by atoms with E-state index in [4.69, 9.17) is 10.1 Å². The van der Waals surface area contributed by atoms with Gasteiger partial charge in [-0.25, -0.2) is 0 Å². The van der Waals surface area contributed by atoms with Crippen molar-refractivity contribution in [3.63, 3.8) is 0 Å². The maximum atomic E-state index is 7.43. The van der Waals surface area contributed by atoms with Crippen molar-refractivity contribution in [3.8, 4) is 0 Å². The minimum Gasteiger partial charge on any atom is -0.484 e. The number of thiophene rings is 1. The largest absolute Gasteiger partial charge is 0.484 e. The molecular weight excluding hydrogens is 288 g/mol. The molecule has 1 aromatic rings. The van der Waals surface area contributed by atoms with Crippen molar-refractivity contribution in [3.05, 3.63) is 21.9 Å². The molecule has 1 fully saturated rings. The van der Waals surface area contributed by atoms with Crippen LogP contribution < -0.4 is 5.32 Å². The molecule has 0 aromatic carbocycles. The van der Waals surface area contributed by atoms with Crippen LogP contribution in [0, 0.1) is 5.41 Å². The fourth-order valence-electron chi connectivity index (χ4n) is 2.41. The van der Waals surface area contributed by atoms with E-state index < -0.39 is 0 Å². The van der Waals surface area contributed by atoms with Gasteiger partial charge in [-0.3, -0.25) is 5.41 Å². The van der Waals surface area contributed by atoms with Crippen LogP contribution in [-0.4, -0.2) is 31.3 Å². The van der Waals surface area contributed by atoms with Crippen LogP contribution in [-0.2, 0) is 16.9 Å². The minimum absolute atomic E-state index is 0.381. The van der Waals surface area contributed by atoms with E-state index in [1.165, 1.54) is 42.7 Å². The first-order valence-electron chi connectivity index (χ1n) is 7.26. The van der Waals surface area contributed by atoms with Gasteiger partial charge >= 0.3 is 0 Å². The Kier molecular flexibility index (Phi) is 6.90. The summed E-state index contributed by atoms with van der Waals surface area (Å²) in [5, 5.41) is 13.3. The van der Waals surface area contributed by atoms with Gasteiger partial charge in [-0.1, -0.05) is 6.42 Å². The molecule has 2 rings (SSSR count). The fourth-order valence-corrected chi connectivity index (χ4v) is 4.36.